The molecule has 70 valence electrons. The lowest BCUT2D eigenvalue weighted by Crippen LogP contribution is -2.27. The molecule has 1 fully saturated rings. The van der Waals surface area contributed by atoms with Gasteiger partial charge in [-0.1, -0.05) is 12.8 Å². The largest absolute Gasteiger partial charge is 0.772 e. The highest BCUT2D eigenvalue weighted by atomic mass is 32.2. The van der Waals surface area contributed by atoms with Crippen LogP contribution in [0.15, 0.2) is 0 Å². The second kappa shape index (κ2) is 4.00. The van der Waals surface area contributed by atoms with Crippen LogP contribution in [0.2, 0.25) is 0 Å². The molecule has 1 aliphatic rings. The highest BCUT2D eigenvalue weighted by Crippen LogP contribution is 2.34. The molecule has 0 radical (unpaired) electrons. The smallest absolute Gasteiger partial charge is 0.320 e. The number of rotatable bonds is 4. The second-order valence-corrected chi connectivity index (χ2v) is 4.04. The predicted molar refractivity (Wildman–Crippen MR) is 42.1 cm³/mol. The van der Waals surface area contributed by atoms with Crippen molar-refractivity contribution in [2.24, 2.45) is 5.92 Å². The minimum Gasteiger partial charge on any atom is -0.772 e. The maximum absolute atomic E-state index is 10.9. The molecule has 0 amide bonds. The van der Waals surface area contributed by atoms with Crippen LogP contribution in [0.1, 0.15) is 19.3 Å². The molecular formula is C7H11O4S-. The molecule has 0 bridgehead atoms. The van der Waals surface area contributed by atoms with Gasteiger partial charge in [-0.2, -0.15) is 0 Å². The minimum atomic E-state index is -2.34. The lowest BCUT2D eigenvalue weighted by atomic mass is 10.2. The molecule has 1 aliphatic carbocycles. The summed E-state index contributed by atoms with van der Waals surface area (Å²) in [4.78, 5) is 10.9. The summed E-state index contributed by atoms with van der Waals surface area (Å²) in [5.41, 5.74) is 0. The minimum absolute atomic E-state index is 0.409. The fraction of sp³-hybridized carbons (Fsp3) is 0.857. The van der Waals surface area contributed by atoms with Crippen molar-refractivity contribution in [3.05, 3.63) is 0 Å². The van der Waals surface area contributed by atoms with Crippen molar-refractivity contribution in [3.8, 4) is 0 Å². The molecule has 12 heavy (non-hydrogen) atoms. The van der Waals surface area contributed by atoms with Crippen molar-refractivity contribution in [2.75, 3.05) is 7.11 Å². The molecule has 0 aliphatic heterocycles. The molecule has 0 saturated heterocycles. The first-order valence-corrected chi connectivity index (χ1v) is 4.95. The van der Waals surface area contributed by atoms with E-state index in [0.717, 1.165) is 12.8 Å². The Hall–Kier alpha value is -0.420. The molecular weight excluding hydrogens is 180 g/mol. The molecule has 1 saturated carbocycles. The number of carbonyl (C=O) groups excluding carboxylic acids is 1. The van der Waals surface area contributed by atoms with Gasteiger partial charge < -0.3 is 9.29 Å². The van der Waals surface area contributed by atoms with Gasteiger partial charge in [-0.25, -0.2) is 0 Å². The Morgan fingerprint density at radius 2 is 2.33 bits per heavy atom. The zero-order chi connectivity index (χ0) is 9.14. The molecule has 0 N–H and O–H groups in total. The van der Waals surface area contributed by atoms with Crippen molar-refractivity contribution in [3.63, 3.8) is 0 Å². The number of esters is 1. The maximum Gasteiger partial charge on any atom is 0.320 e. The molecule has 0 aromatic heterocycles. The van der Waals surface area contributed by atoms with Gasteiger partial charge in [0.25, 0.3) is 0 Å². The fourth-order valence-electron chi connectivity index (χ4n) is 1.04. The predicted octanol–water partition coefficient (Wildman–Crippen LogP) is 0.207. The Bertz CT molecular complexity index is 200. The van der Waals surface area contributed by atoms with E-state index in [4.69, 9.17) is 0 Å². The molecule has 1 rings (SSSR count). The molecule has 0 aromatic rings. The van der Waals surface area contributed by atoms with Gasteiger partial charge in [-0.05, 0) is 23.4 Å². The molecule has 2 unspecified atom stereocenters. The summed E-state index contributed by atoms with van der Waals surface area (Å²) in [7, 11) is 1.20. The van der Waals surface area contributed by atoms with Gasteiger partial charge in [0.1, 0.15) is 5.25 Å². The summed E-state index contributed by atoms with van der Waals surface area (Å²) < 4.78 is 25.5. The van der Waals surface area contributed by atoms with Gasteiger partial charge in [0.15, 0.2) is 0 Å². The van der Waals surface area contributed by atoms with Gasteiger partial charge >= 0.3 is 5.97 Å². The van der Waals surface area contributed by atoms with E-state index in [1.807, 2.05) is 0 Å². The molecule has 2 atom stereocenters. The summed E-state index contributed by atoms with van der Waals surface area (Å²) in [5, 5.41) is -0.956. The normalized spacial score (nSPS) is 21.5. The van der Waals surface area contributed by atoms with E-state index in [-0.39, 0.29) is 0 Å². The highest BCUT2D eigenvalue weighted by Gasteiger charge is 2.30. The summed E-state index contributed by atoms with van der Waals surface area (Å²) in [6, 6.07) is 0. The number of hydrogen-bond acceptors (Lipinski definition) is 4. The van der Waals surface area contributed by atoms with Crippen LogP contribution in [-0.4, -0.2) is 27.1 Å². The molecule has 5 heteroatoms. The third-order valence-electron chi connectivity index (χ3n) is 1.94. The van der Waals surface area contributed by atoms with E-state index in [1.165, 1.54) is 7.11 Å². The standard InChI is InChI=1S/C7H12O4S/c1-11-7(8)6(12(9)10)4-5-2-3-5/h5-6H,2-4H2,1H3,(H,9,10)/p-1. The third kappa shape index (κ3) is 2.57. The van der Waals surface area contributed by atoms with E-state index in [9.17, 15) is 13.6 Å². The summed E-state index contributed by atoms with van der Waals surface area (Å²) in [6.07, 6.45) is 2.48. The van der Waals surface area contributed by atoms with Crippen LogP contribution in [0.25, 0.3) is 0 Å². The van der Waals surface area contributed by atoms with Crippen LogP contribution in [0.5, 0.6) is 0 Å². The Kier molecular flexibility index (Phi) is 3.22. The summed E-state index contributed by atoms with van der Waals surface area (Å²) >= 11 is -2.34. The van der Waals surface area contributed by atoms with E-state index >= 15 is 0 Å². The number of hydrogen-bond donors (Lipinski definition) is 0. The van der Waals surface area contributed by atoms with Gasteiger partial charge in [0, 0.05) is 0 Å². The van der Waals surface area contributed by atoms with Crippen molar-refractivity contribution in [2.45, 2.75) is 24.5 Å². The van der Waals surface area contributed by atoms with E-state index in [2.05, 4.69) is 4.74 Å². The van der Waals surface area contributed by atoms with Crippen LogP contribution in [0.4, 0.5) is 0 Å². The van der Waals surface area contributed by atoms with E-state index in [0.29, 0.717) is 12.3 Å². The fourth-order valence-corrected chi connectivity index (χ4v) is 1.72. The van der Waals surface area contributed by atoms with Gasteiger partial charge in [-0.15, -0.1) is 0 Å². The van der Waals surface area contributed by atoms with Gasteiger partial charge in [0.2, 0.25) is 0 Å². The van der Waals surface area contributed by atoms with E-state index < -0.39 is 22.3 Å². The summed E-state index contributed by atoms with van der Waals surface area (Å²) in [6.45, 7) is 0. The Balaban J connectivity index is 2.46. The van der Waals surface area contributed by atoms with Crippen molar-refractivity contribution in [1.29, 1.82) is 0 Å². The highest BCUT2D eigenvalue weighted by molar-refractivity contribution is 7.80. The summed E-state index contributed by atoms with van der Waals surface area (Å²) in [5.74, 6) is -0.234. The Morgan fingerprint density at radius 1 is 1.75 bits per heavy atom. The lowest BCUT2D eigenvalue weighted by molar-refractivity contribution is -0.140. The molecule has 0 heterocycles. The Labute approximate surface area is 73.6 Å². The quantitative estimate of drug-likeness (QED) is 0.470. The molecule has 0 aromatic carbocycles. The first-order chi connectivity index (χ1) is 5.65. The second-order valence-electron chi connectivity index (χ2n) is 2.95. The molecule has 0 spiro atoms. The topological polar surface area (TPSA) is 66.4 Å². The van der Waals surface area contributed by atoms with Crippen LogP contribution < -0.4 is 0 Å². The van der Waals surface area contributed by atoms with Crippen molar-refractivity contribution in [1.82, 2.24) is 0 Å². The van der Waals surface area contributed by atoms with Crippen LogP contribution >= 0.6 is 0 Å². The molecule has 4 nitrogen and oxygen atoms in total. The monoisotopic (exact) mass is 191 g/mol. The van der Waals surface area contributed by atoms with Crippen molar-refractivity contribution < 1.29 is 18.3 Å². The Morgan fingerprint density at radius 3 is 2.67 bits per heavy atom. The zero-order valence-electron chi connectivity index (χ0n) is 6.82. The number of ether oxygens (including phenoxy) is 1. The van der Waals surface area contributed by atoms with Crippen LogP contribution in [0.3, 0.4) is 0 Å². The average Bonchev–Trinajstić information content (AvgIpc) is 2.81. The number of methoxy groups -OCH3 is 1. The first kappa shape index (κ1) is 9.67. The van der Waals surface area contributed by atoms with Gasteiger partial charge in [-0.3, -0.25) is 9.00 Å². The van der Waals surface area contributed by atoms with Crippen LogP contribution in [0, 0.1) is 5.92 Å². The van der Waals surface area contributed by atoms with Crippen molar-refractivity contribution >= 4 is 17.0 Å². The number of carbonyl (C=O) groups is 1. The van der Waals surface area contributed by atoms with E-state index in [1.54, 1.807) is 0 Å². The maximum atomic E-state index is 10.9. The first-order valence-electron chi connectivity index (χ1n) is 3.81. The SMILES string of the molecule is COC(=O)C(CC1CC1)S(=O)[O-]. The van der Waals surface area contributed by atoms with Crippen LogP contribution in [-0.2, 0) is 20.6 Å². The average molecular weight is 191 g/mol. The van der Waals surface area contributed by atoms with Gasteiger partial charge in [0.05, 0.1) is 7.11 Å². The zero-order valence-corrected chi connectivity index (χ0v) is 7.63. The lowest BCUT2D eigenvalue weighted by Gasteiger charge is -2.16. The third-order valence-corrected chi connectivity index (χ3v) is 2.79.